The Bertz CT molecular complexity index is 279. The van der Waals surface area contributed by atoms with Crippen LogP contribution in [-0.2, 0) is 6.54 Å². The van der Waals surface area contributed by atoms with Gasteiger partial charge in [-0.3, -0.25) is 4.90 Å². The molecule has 1 N–H and O–H groups in total. The standard InChI is InChI=1S/C12H21N3/c1-10(2)11-4-3-7-15(8-11)9-12-13-5-6-14-12/h5-6,10-11H,3-4,7-9H2,1-2H3,(H,13,14)/t11-/m1/s1. The lowest BCUT2D eigenvalue weighted by molar-refractivity contribution is 0.137. The number of hydrogen-bond acceptors (Lipinski definition) is 2. The molecule has 1 aromatic rings. The maximum atomic E-state index is 4.28. The number of aromatic nitrogens is 2. The Labute approximate surface area is 91.9 Å². The van der Waals surface area contributed by atoms with Crippen LogP contribution < -0.4 is 0 Å². The molecular formula is C12H21N3. The minimum absolute atomic E-state index is 0.810. The first-order chi connectivity index (χ1) is 7.25. The van der Waals surface area contributed by atoms with Crippen molar-refractivity contribution < 1.29 is 0 Å². The van der Waals surface area contributed by atoms with Crippen LogP contribution in [0.5, 0.6) is 0 Å². The number of rotatable bonds is 3. The van der Waals surface area contributed by atoms with Crippen molar-refractivity contribution in [3.63, 3.8) is 0 Å². The minimum atomic E-state index is 0.810. The molecule has 1 saturated heterocycles. The van der Waals surface area contributed by atoms with Crippen LogP contribution in [0.25, 0.3) is 0 Å². The van der Waals surface area contributed by atoms with Gasteiger partial charge in [0.2, 0.25) is 0 Å². The summed E-state index contributed by atoms with van der Waals surface area (Å²) in [6, 6.07) is 0. The predicted octanol–water partition coefficient (Wildman–Crippen LogP) is 2.28. The molecule has 0 bridgehead atoms. The Morgan fingerprint density at radius 1 is 1.60 bits per heavy atom. The van der Waals surface area contributed by atoms with Crippen molar-refractivity contribution in [2.24, 2.45) is 11.8 Å². The van der Waals surface area contributed by atoms with Gasteiger partial charge in [-0.1, -0.05) is 13.8 Å². The topological polar surface area (TPSA) is 31.9 Å². The third-order valence-electron chi connectivity index (χ3n) is 3.41. The summed E-state index contributed by atoms with van der Waals surface area (Å²) in [7, 11) is 0. The average molecular weight is 207 g/mol. The molecule has 2 rings (SSSR count). The van der Waals surface area contributed by atoms with E-state index in [1.165, 1.54) is 25.9 Å². The second kappa shape index (κ2) is 4.79. The number of hydrogen-bond donors (Lipinski definition) is 1. The zero-order chi connectivity index (χ0) is 10.7. The molecule has 0 saturated carbocycles. The molecule has 0 spiro atoms. The zero-order valence-corrected chi connectivity index (χ0v) is 9.74. The number of nitrogens with zero attached hydrogens (tertiary/aromatic N) is 2. The molecule has 84 valence electrons. The third-order valence-corrected chi connectivity index (χ3v) is 3.41. The summed E-state index contributed by atoms with van der Waals surface area (Å²) in [4.78, 5) is 9.98. The first kappa shape index (κ1) is 10.7. The van der Waals surface area contributed by atoms with E-state index in [4.69, 9.17) is 0 Å². The summed E-state index contributed by atoms with van der Waals surface area (Å²) in [5, 5.41) is 0. The van der Waals surface area contributed by atoms with E-state index < -0.39 is 0 Å². The monoisotopic (exact) mass is 207 g/mol. The zero-order valence-electron chi connectivity index (χ0n) is 9.74. The SMILES string of the molecule is CC(C)[C@@H]1CCCN(Cc2ncc[nH]2)C1. The summed E-state index contributed by atoms with van der Waals surface area (Å²) in [6.45, 7) is 8.11. The van der Waals surface area contributed by atoms with Crippen LogP contribution >= 0.6 is 0 Å². The third kappa shape index (κ3) is 2.81. The van der Waals surface area contributed by atoms with Gasteiger partial charge in [-0.05, 0) is 31.2 Å². The Hall–Kier alpha value is -0.830. The lowest BCUT2D eigenvalue weighted by atomic mass is 9.88. The molecule has 3 nitrogen and oxygen atoms in total. The van der Waals surface area contributed by atoms with E-state index in [2.05, 4.69) is 28.7 Å². The van der Waals surface area contributed by atoms with Crippen LogP contribution in [0.15, 0.2) is 12.4 Å². The molecule has 0 unspecified atom stereocenters. The van der Waals surface area contributed by atoms with Gasteiger partial charge >= 0.3 is 0 Å². The number of likely N-dealkylation sites (tertiary alicyclic amines) is 1. The van der Waals surface area contributed by atoms with Gasteiger partial charge in [-0.2, -0.15) is 0 Å². The first-order valence-electron chi connectivity index (χ1n) is 5.96. The van der Waals surface area contributed by atoms with E-state index in [0.29, 0.717) is 0 Å². The number of piperidine rings is 1. The highest BCUT2D eigenvalue weighted by molar-refractivity contribution is 4.88. The minimum Gasteiger partial charge on any atom is -0.348 e. The van der Waals surface area contributed by atoms with Crippen molar-refractivity contribution in [2.45, 2.75) is 33.2 Å². The summed E-state index contributed by atoms with van der Waals surface area (Å²) in [6.07, 6.45) is 6.47. The average Bonchev–Trinajstić information content (AvgIpc) is 2.71. The summed E-state index contributed by atoms with van der Waals surface area (Å²) < 4.78 is 0. The Morgan fingerprint density at radius 2 is 2.47 bits per heavy atom. The quantitative estimate of drug-likeness (QED) is 0.824. The van der Waals surface area contributed by atoms with E-state index in [1.807, 2.05) is 12.4 Å². The fourth-order valence-corrected chi connectivity index (χ4v) is 2.38. The Balaban J connectivity index is 1.88. The molecule has 0 aromatic carbocycles. The molecule has 0 aliphatic carbocycles. The molecule has 0 amide bonds. The van der Waals surface area contributed by atoms with E-state index in [-0.39, 0.29) is 0 Å². The molecule has 1 aliphatic heterocycles. The molecule has 15 heavy (non-hydrogen) atoms. The van der Waals surface area contributed by atoms with Gasteiger partial charge in [0, 0.05) is 18.9 Å². The summed E-state index contributed by atoms with van der Waals surface area (Å²) >= 11 is 0. The van der Waals surface area contributed by atoms with Crippen molar-refractivity contribution in [3.8, 4) is 0 Å². The summed E-state index contributed by atoms with van der Waals surface area (Å²) in [5.41, 5.74) is 0. The number of nitrogens with one attached hydrogen (secondary N) is 1. The van der Waals surface area contributed by atoms with Gasteiger partial charge in [-0.15, -0.1) is 0 Å². The molecule has 2 heterocycles. The van der Waals surface area contributed by atoms with Gasteiger partial charge < -0.3 is 4.98 Å². The van der Waals surface area contributed by atoms with Gasteiger partial charge in [0.1, 0.15) is 5.82 Å². The van der Waals surface area contributed by atoms with Crippen LogP contribution in [0.1, 0.15) is 32.5 Å². The van der Waals surface area contributed by atoms with Crippen molar-refractivity contribution in [1.29, 1.82) is 0 Å². The molecule has 3 heteroatoms. The van der Waals surface area contributed by atoms with Crippen LogP contribution in [-0.4, -0.2) is 28.0 Å². The lowest BCUT2D eigenvalue weighted by Gasteiger charge is -2.34. The van der Waals surface area contributed by atoms with Gasteiger partial charge in [0.05, 0.1) is 6.54 Å². The molecule has 1 fully saturated rings. The molecular weight excluding hydrogens is 186 g/mol. The number of H-pyrrole nitrogens is 1. The smallest absolute Gasteiger partial charge is 0.120 e. The largest absolute Gasteiger partial charge is 0.348 e. The second-order valence-electron chi connectivity index (χ2n) is 4.92. The van der Waals surface area contributed by atoms with E-state index in [1.54, 1.807) is 0 Å². The molecule has 0 radical (unpaired) electrons. The highest BCUT2D eigenvalue weighted by Gasteiger charge is 2.22. The highest BCUT2D eigenvalue weighted by Crippen LogP contribution is 2.23. The van der Waals surface area contributed by atoms with E-state index in [9.17, 15) is 0 Å². The van der Waals surface area contributed by atoms with Gasteiger partial charge in [0.25, 0.3) is 0 Å². The fraction of sp³-hybridized carbons (Fsp3) is 0.750. The van der Waals surface area contributed by atoms with Gasteiger partial charge in [0.15, 0.2) is 0 Å². The number of aromatic amines is 1. The van der Waals surface area contributed by atoms with Crippen molar-refractivity contribution in [2.75, 3.05) is 13.1 Å². The predicted molar refractivity (Wildman–Crippen MR) is 61.4 cm³/mol. The lowest BCUT2D eigenvalue weighted by Crippen LogP contribution is -2.37. The molecule has 1 aliphatic rings. The Kier molecular flexibility index (Phi) is 3.41. The first-order valence-corrected chi connectivity index (χ1v) is 5.96. The van der Waals surface area contributed by atoms with Crippen molar-refractivity contribution in [1.82, 2.24) is 14.9 Å². The van der Waals surface area contributed by atoms with Crippen LogP contribution in [0.2, 0.25) is 0 Å². The fourth-order valence-electron chi connectivity index (χ4n) is 2.38. The number of imidazole rings is 1. The van der Waals surface area contributed by atoms with Crippen LogP contribution in [0, 0.1) is 11.8 Å². The Morgan fingerprint density at radius 3 is 3.13 bits per heavy atom. The van der Waals surface area contributed by atoms with E-state index >= 15 is 0 Å². The van der Waals surface area contributed by atoms with Gasteiger partial charge in [-0.25, -0.2) is 4.98 Å². The van der Waals surface area contributed by atoms with E-state index in [0.717, 1.165) is 24.2 Å². The second-order valence-corrected chi connectivity index (χ2v) is 4.92. The normalized spacial score (nSPS) is 23.5. The highest BCUT2D eigenvalue weighted by atomic mass is 15.2. The summed E-state index contributed by atoms with van der Waals surface area (Å²) in [5.74, 6) is 2.78. The molecule has 1 atom stereocenters. The van der Waals surface area contributed by atoms with Crippen molar-refractivity contribution in [3.05, 3.63) is 18.2 Å². The maximum absolute atomic E-state index is 4.28. The van der Waals surface area contributed by atoms with Crippen molar-refractivity contribution >= 4 is 0 Å². The molecule has 1 aromatic heterocycles. The van der Waals surface area contributed by atoms with Crippen LogP contribution in [0.3, 0.4) is 0 Å². The van der Waals surface area contributed by atoms with Crippen LogP contribution in [0.4, 0.5) is 0 Å². The maximum Gasteiger partial charge on any atom is 0.120 e.